The Morgan fingerprint density at radius 2 is 1.83 bits per heavy atom. The van der Waals surface area contributed by atoms with Crippen LogP contribution in [0, 0.1) is 6.92 Å². The molecule has 0 unspecified atom stereocenters. The topological polar surface area (TPSA) is 103 Å². The Morgan fingerprint density at radius 3 is 2.26 bits per heavy atom. The fourth-order valence-corrected chi connectivity index (χ4v) is 3.72. The maximum Gasteiger partial charge on any atom is 0.275 e. The molecule has 0 bridgehead atoms. The lowest BCUT2D eigenvalue weighted by molar-refractivity contribution is 0.103. The van der Waals surface area contributed by atoms with Crippen molar-refractivity contribution in [3.05, 3.63) is 44.3 Å². The van der Waals surface area contributed by atoms with Gasteiger partial charge >= 0.3 is 0 Å². The smallest absolute Gasteiger partial charge is 0.275 e. The van der Waals surface area contributed by atoms with Crippen molar-refractivity contribution in [2.45, 2.75) is 11.8 Å². The van der Waals surface area contributed by atoms with Gasteiger partial charge in [-0.15, -0.1) is 0 Å². The van der Waals surface area contributed by atoms with Gasteiger partial charge in [0.05, 0.1) is 15.6 Å². The van der Waals surface area contributed by atoms with Gasteiger partial charge in [-0.25, -0.2) is 8.42 Å². The van der Waals surface area contributed by atoms with Crippen molar-refractivity contribution < 1.29 is 13.2 Å². The summed E-state index contributed by atoms with van der Waals surface area (Å²) in [6, 6.07) is 2.64. The number of sulfone groups is 1. The molecule has 2 rings (SSSR count). The Morgan fingerprint density at radius 1 is 1.22 bits per heavy atom. The average molecular weight is 358 g/mol. The maximum absolute atomic E-state index is 12.6. The molecule has 124 valence electrons. The summed E-state index contributed by atoms with van der Waals surface area (Å²) in [5.74, 6) is -0.571. The molecule has 0 aliphatic rings. The number of ketones is 1. The summed E-state index contributed by atoms with van der Waals surface area (Å²) in [5.41, 5.74) is 0.0566. The van der Waals surface area contributed by atoms with E-state index >= 15 is 0 Å². The number of nitrogens with one attached hydrogen (secondary N) is 2. The highest BCUT2D eigenvalue weighted by molar-refractivity contribution is 7.90. The molecular weight excluding hydrogens is 342 g/mol. The summed E-state index contributed by atoms with van der Waals surface area (Å²) in [5, 5.41) is 4.89. The van der Waals surface area contributed by atoms with E-state index in [1.54, 1.807) is 21.0 Å². The number of benzene rings is 1. The van der Waals surface area contributed by atoms with Crippen LogP contribution in [0.2, 0.25) is 5.02 Å². The quantitative estimate of drug-likeness (QED) is 0.804. The van der Waals surface area contributed by atoms with E-state index in [9.17, 15) is 18.0 Å². The Kier molecular flexibility index (Phi) is 4.41. The van der Waals surface area contributed by atoms with E-state index in [0.717, 1.165) is 6.26 Å². The first kappa shape index (κ1) is 17.3. The number of halogens is 1. The van der Waals surface area contributed by atoms with E-state index in [1.165, 1.54) is 17.0 Å². The van der Waals surface area contributed by atoms with Gasteiger partial charge in [-0.2, -0.15) is 0 Å². The van der Waals surface area contributed by atoms with E-state index in [0.29, 0.717) is 5.69 Å². The van der Waals surface area contributed by atoms with E-state index in [4.69, 9.17) is 11.6 Å². The van der Waals surface area contributed by atoms with E-state index in [-0.39, 0.29) is 26.7 Å². The van der Waals surface area contributed by atoms with Crippen LogP contribution in [0.1, 0.15) is 21.6 Å². The van der Waals surface area contributed by atoms with Gasteiger partial charge in [0, 0.05) is 31.6 Å². The second-order valence-electron chi connectivity index (χ2n) is 5.35. The van der Waals surface area contributed by atoms with Crippen LogP contribution in [0.3, 0.4) is 0 Å². The monoisotopic (exact) mass is 357 g/mol. The second-order valence-corrected chi connectivity index (χ2v) is 7.71. The lowest BCUT2D eigenvalue weighted by Gasteiger charge is -2.20. The van der Waals surface area contributed by atoms with Crippen LogP contribution in [0.25, 0.3) is 0 Å². The minimum Gasteiger partial charge on any atom is -0.375 e. The summed E-state index contributed by atoms with van der Waals surface area (Å²) < 4.78 is 23.8. The maximum atomic E-state index is 12.6. The number of hydrogen-bond donors (Lipinski definition) is 2. The summed E-state index contributed by atoms with van der Waals surface area (Å²) in [6.07, 6.45) is 1.06. The zero-order valence-corrected chi connectivity index (χ0v) is 14.6. The molecule has 0 aliphatic carbocycles. The van der Waals surface area contributed by atoms with Gasteiger partial charge < -0.3 is 10.00 Å². The molecular formula is C14H16ClN3O4S. The van der Waals surface area contributed by atoms with Crippen LogP contribution in [0.4, 0.5) is 5.69 Å². The molecule has 0 spiro atoms. The largest absolute Gasteiger partial charge is 0.375 e. The molecule has 1 aromatic heterocycles. The van der Waals surface area contributed by atoms with Crippen molar-refractivity contribution in [3.63, 3.8) is 0 Å². The number of carbonyl (C=O) groups excluding carboxylic acids is 1. The first-order valence-electron chi connectivity index (χ1n) is 6.57. The van der Waals surface area contributed by atoms with Crippen LogP contribution >= 0.6 is 11.6 Å². The molecule has 1 aromatic carbocycles. The number of rotatable bonds is 4. The van der Waals surface area contributed by atoms with Crippen LogP contribution in [-0.4, -0.2) is 44.7 Å². The van der Waals surface area contributed by atoms with Gasteiger partial charge in [0.15, 0.2) is 9.84 Å². The molecule has 0 amide bonds. The third-order valence-electron chi connectivity index (χ3n) is 3.36. The highest BCUT2D eigenvalue weighted by Gasteiger charge is 2.26. The van der Waals surface area contributed by atoms with Crippen LogP contribution in [0.15, 0.2) is 21.8 Å². The number of hydrogen-bond acceptors (Lipinski definition) is 5. The Labute approximate surface area is 138 Å². The molecule has 0 saturated carbocycles. The number of aromatic amines is 2. The van der Waals surface area contributed by atoms with Gasteiger partial charge in [0.2, 0.25) is 5.78 Å². The van der Waals surface area contributed by atoms with Crippen molar-refractivity contribution in [2.75, 3.05) is 25.3 Å². The minimum absolute atomic E-state index is 0.0112. The number of anilines is 1. The fourth-order valence-electron chi connectivity index (χ4n) is 2.29. The van der Waals surface area contributed by atoms with E-state index in [1.807, 2.05) is 0 Å². The number of carbonyl (C=O) groups is 1. The van der Waals surface area contributed by atoms with Gasteiger partial charge in [-0.05, 0) is 19.1 Å². The fraction of sp³-hybridized carbons (Fsp3) is 0.286. The molecule has 7 nitrogen and oxygen atoms in total. The molecule has 0 fully saturated rings. The molecule has 0 radical (unpaired) electrons. The molecule has 0 aliphatic heterocycles. The number of H-pyrrole nitrogens is 2. The van der Waals surface area contributed by atoms with E-state index < -0.39 is 21.2 Å². The third-order valence-corrected chi connectivity index (χ3v) is 4.87. The van der Waals surface area contributed by atoms with Gasteiger partial charge in [-0.1, -0.05) is 11.6 Å². The zero-order valence-electron chi connectivity index (χ0n) is 13.0. The molecule has 9 heteroatoms. The minimum atomic E-state index is -3.53. The van der Waals surface area contributed by atoms with E-state index in [2.05, 4.69) is 10.2 Å². The first-order chi connectivity index (χ1) is 10.6. The molecule has 1 heterocycles. The van der Waals surface area contributed by atoms with Crippen molar-refractivity contribution >= 4 is 32.9 Å². The Hall–Kier alpha value is -2.06. The zero-order chi connectivity index (χ0) is 17.5. The van der Waals surface area contributed by atoms with Crippen molar-refractivity contribution in [3.8, 4) is 0 Å². The molecule has 2 aromatic rings. The third kappa shape index (κ3) is 3.04. The van der Waals surface area contributed by atoms with Crippen LogP contribution in [0.5, 0.6) is 0 Å². The lowest BCUT2D eigenvalue weighted by Crippen LogP contribution is -2.18. The van der Waals surface area contributed by atoms with Gasteiger partial charge in [0.25, 0.3) is 5.56 Å². The van der Waals surface area contributed by atoms with Crippen LogP contribution in [-0.2, 0) is 9.84 Å². The number of aromatic nitrogens is 2. The number of nitrogens with zero attached hydrogens (tertiary/aromatic N) is 1. The SMILES string of the molecule is Cc1[nH][nH]c(=O)c1C(=O)c1ccc(S(C)(=O)=O)c(N(C)C)c1Cl. The summed E-state index contributed by atoms with van der Waals surface area (Å²) in [6.45, 7) is 1.58. The van der Waals surface area contributed by atoms with Crippen LogP contribution < -0.4 is 10.5 Å². The Bertz CT molecular complexity index is 941. The van der Waals surface area contributed by atoms with Crippen molar-refractivity contribution in [1.29, 1.82) is 0 Å². The van der Waals surface area contributed by atoms with Crippen molar-refractivity contribution in [2.24, 2.45) is 0 Å². The second kappa shape index (κ2) is 5.86. The molecule has 23 heavy (non-hydrogen) atoms. The predicted molar refractivity (Wildman–Crippen MR) is 88.5 cm³/mol. The first-order valence-corrected chi connectivity index (χ1v) is 8.84. The van der Waals surface area contributed by atoms with Gasteiger partial charge in [0.1, 0.15) is 5.56 Å². The lowest BCUT2D eigenvalue weighted by atomic mass is 10.0. The summed E-state index contributed by atoms with van der Waals surface area (Å²) >= 11 is 6.28. The molecule has 0 saturated heterocycles. The Balaban J connectivity index is 2.74. The highest BCUT2D eigenvalue weighted by atomic mass is 35.5. The standard InChI is InChI=1S/C14H16ClN3O4S/c1-7-10(14(20)17-16-7)13(19)8-5-6-9(23(4,21)22)12(11(8)15)18(2)3/h5-6H,1-4H3,(H2,16,17,20). The molecule has 2 N–H and O–H groups in total. The van der Waals surface area contributed by atoms with Gasteiger partial charge in [-0.3, -0.25) is 14.7 Å². The predicted octanol–water partition coefficient (Wildman–Crippen LogP) is 1.37. The number of aryl methyl sites for hydroxylation is 1. The normalized spacial score (nSPS) is 11.5. The molecule has 0 atom stereocenters. The summed E-state index contributed by atoms with van der Waals surface area (Å²) in [7, 11) is -0.278. The average Bonchev–Trinajstić information content (AvgIpc) is 2.75. The highest BCUT2D eigenvalue weighted by Crippen LogP contribution is 2.35. The summed E-state index contributed by atoms with van der Waals surface area (Å²) in [4.78, 5) is 25.9. The van der Waals surface area contributed by atoms with Crippen molar-refractivity contribution in [1.82, 2.24) is 10.2 Å².